The number of amides is 1. The number of nitro benzene ring substituents is 1. The van der Waals surface area contributed by atoms with Gasteiger partial charge in [-0.1, -0.05) is 0 Å². The van der Waals surface area contributed by atoms with Gasteiger partial charge in [0.1, 0.15) is 5.69 Å². The van der Waals surface area contributed by atoms with Gasteiger partial charge in [0, 0.05) is 25.5 Å². The highest BCUT2D eigenvalue weighted by atomic mass is 16.6. The molecule has 0 saturated heterocycles. The summed E-state index contributed by atoms with van der Waals surface area (Å²) in [6.45, 7) is 0. The van der Waals surface area contributed by atoms with Gasteiger partial charge in [-0.3, -0.25) is 10.1 Å². The molecular weight excluding hydrogens is 296 g/mol. The molecule has 0 aliphatic heterocycles. The molecular formula is C11H12N6O5. The van der Waals surface area contributed by atoms with Crippen molar-refractivity contribution in [1.82, 2.24) is 9.97 Å². The van der Waals surface area contributed by atoms with Gasteiger partial charge in [-0.25, -0.2) is 15.4 Å². The lowest BCUT2D eigenvalue weighted by Gasteiger charge is -2.16. The Labute approximate surface area is 122 Å². The first kappa shape index (κ1) is 15.2. The number of fused-ring (bicyclic) bond motifs is 1. The zero-order valence-corrected chi connectivity index (χ0v) is 11.6. The molecule has 0 aliphatic rings. The van der Waals surface area contributed by atoms with E-state index >= 15 is 0 Å². The minimum atomic E-state index is -1.52. The SMILES string of the molecule is CN(C)c1cc2c(N(N)C(=O)O)nc(=O)[nH]c2cc1[N+](=O)[O-]. The molecule has 11 heteroatoms. The highest BCUT2D eigenvalue weighted by Crippen LogP contribution is 2.33. The van der Waals surface area contributed by atoms with Crippen LogP contribution in [0.3, 0.4) is 0 Å². The van der Waals surface area contributed by atoms with Crippen molar-refractivity contribution in [1.29, 1.82) is 0 Å². The van der Waals surface area contributed by atoms with Crippen LogP contribution in [0.4, 0.5) is 22.0 Å². The topological polar surface area (TPSA) is 159 Å². The molecule has 0 fully saturated rings. The van der Waals surface area contributed by atoms with Crippen molar-refractivity contribution in [2.75, 3.05) is 24.0 Å². The number of anilines is 2. The molecule has 22 heavy (non-hydrogen) atoms. The molecule has 11 nitrogen and oxygen atoms in total. The van der Waals surface area contributed by atoms with Gasteiger partial charge in [-0.15, -0.1) is 0 Å². The first-order valence-corrected chi connectivity index (χ1v) is 5.90. The summed E-state index contributed by atoms with van der Waals surface area (Å²) in [6, 6.07) is 2.47. The highest BCUT2D eigenvalue weighted by molar-refractivity contribution is 5.99. The second kappa shape index (κ2) is 5.29. The number of carbonyl (C=O) groups is 1. The van der Waals surface area contributed by atoms with Crippen molar-refractivity contribution >= 4 is 34.2 Å². The maximum atomic E-state index is 11.5. The van der Waals surface area contributed by atoms with Crippen molar-refractivity contribution in [3.63, 3.8) is 0 Å². The van der Waals surface area contributed by atoms with Crippen LogP contribution in [0, 0.1) is 10.1 Å². The van der Waals surface area contributed by atoms with Crippen LogP contribution in [-0.2, 0) is 0 Å². The number of aromatic nitrogens is 2. The van der Waals surface area contributed by atoms with Gasteiger partial charge in [0.25, 0.3) is 5.69 Å². The van der Waals surface area contributed by atoms with Crippen LogP contribution >= 0.6 is 0 Å². The monoisotopic (exact) mass is 308 g/mol. The summed E-state index contributed by atoms with van der Waals surface area (Å²) in [6.07, 6.45) is -1.52. The fourth-order valence-corrected chi connectivity index (χ4v) is 1.94. The van der Waals surface area contributed by atoms with Crippen LogP contribution in [0.15, 0.2) is 16.9 Å². The summed E-state index contributed by atoms with van der Waals surface area (Å²) in [4.78, 5) is 40.3. The summed E-state index contributed by atoms with van der Waals surface area (Å²) in [5.41, 5.74) is -0.842. The van der Waals surface area contributed by atoms with E-state index in [0.717, 1.165) is 6.07 Å². The number of rotatable bonds is 3. The molecule has 0 unspecified atom stereocenters. The van der Waals surface area contributed by atoms with Gasteiger partial charge in [-0.05, 0) is 6.07 Å². The Bertz CT molecular complexity index is 830. The molecule has 1 aromatic carbocycles. The molecule has 0 atom stereocenters. The molecule has 0 spiro atoms. The zero-order chi connectivity index (χ0) is 16.6. The molecule has 0 aliphatic carbocycles. The van der Waals surface area contributed by atoms with Gasteiger partial charge in [-0.2, -0.15) is 9.99 Å². The number of H-pyrrole nitrogens is 1. The number of benzene rings is 1. The lowest BCUT2D eigenvalue weighted by Crippen LogP contribution is -2.38. The van der Waals surface area contributed by atoms with E-state index in [9.17, 15) is 19.7 Å². The molecule has 4 N–H and O–H groups in total. The Kier molecular flexibility index (Phi) is 3.65. The van der Waals surface area contributed by atoms with Crippen molar-refractivity contribution in [3.8, 4) is 0 Å². The van der Waals surface area contributed by atoms with Crippen molar-refractivity contribution in [2.24, 2.45) is 5.84 Å². The van der Waals surface area contributed by atoms with Crippen molar-refractivity contribution < 1.29 is 14.8 Å². The van der Waals surface area contributed by atoms with E-state index in [4.69, 9.17) is 10.9 Å². The van der Waals surface area contributed by atoms with Crippen LogP contribution in [0.1, 0.15) is 0 Å². The molecule has 1 heterocycles. The standard InChI is InChI=1S/C11H12N6O5/c1-15(2)7-3-5-6(4-8(7)17(21)22)13-10(18)14-9(5)16(12)11(19)20/h3-4H,12H2,1-2H3,(H,19,20)(H,13,14,18). The third-order valence-corrected chi connectivity index (χ3v) is 2.92. The van der Waals surface area contributed by atoms with E-state index in [2.05, 4.69) is 9.97 Å². The van der Waals surface area contributed by atoms with Crippen LogP contribution in [0.2, 0.25) is 0 Å². The lowest BCUT2D eigenvalue weighted by molar-refractivity contribution is -0.384. The van der Waals surface area contributed by atoms with E-state index in [-0.39, 0.29) is 33.1 Å². The predicted molar refractivity (Wildman–Crippen MR) is 78.0 cm³/mol. The van der Waals surface area contributed by atoms with Crippen molar-refractivity contribution in [2.45, 2.75) is 0 Å². The average Bonchev–Trinajstić information content (AvgIpc) is 2.43. The number of carboxylic acid groups (broad SMARTS) is 1. The zero-order valence-electron chi connectivity index (χ0n) is 11.6. The Hall–Kier alpha value is -3.21. The number of nitro groups is 1. The second-order valence-electron chi connectivity index (χ2n) is 4.56. The van der Waals surface area contributed by atoms with E-state index in [1.165, 1.54) is 11.0 Å². The van der Waals surface area contributed by atoms with Gasteiger partial charge < -0.3 is 15.0 Å². The number of aromatic amines is 1. The van der Waals surface area contributed by atoms with E-state index in [1.54, 1.807) is 14.1 Å². The van der Waals surface area contributed by atoms with Crippen LogP contribution in [0.5, 0.6) is 0 Å². The predicted octanol–water partition coefficient (Wildman–Crippen LogP) is 0.255. The minimum absolute atomic E-state index is 0.0593. The number of hydrogen-bond donors (Lipinski definition) is 3. The Morgan fingerprint density at radius 2 is 2.09 bits per heavy atom. The summed E-state index contributed by atoms with van der Waals surface area (Å²) >= 11 is 0. The molecule has 0 radical (unpaired) electrons. The first-order chi connectivity index (χ1) is 10.2. The quantitative estimate of drug-likeness (QED) is 0.315. The maximum Gasteiger partial charge on any atom is 0.427 e. The molecule has 0 bridgehead atoms. The molecule has 116 valence electrons. The Morgan fingerprint density at radius 1 is 1.45 bits per heavy atom. The Balaban J connectivity index is 2.89. The molecule has 2 aromatic rings. The second-order valence-corrected chi connectivity index (χ2v) is 4.56. The molecule has 1 aromatic heterocycles. The average molecular weight is 308 g/mol. The van der Waals surface area contributed by atoms with E-state index < -0.39 is 16.7 Å². The third kappa shape index (κ3) is 2.52. The lowest BCUT2D eigenvalue weighted by atomic mass is 10.1. The number of nitrogens with two attached hydrogens (primary N) is 1. The summed E-state index contributed by atoms with van der Waals surface area (Å²) in [7, 11) is 3.18. The first-order valence-electron chi connectivity index (χ1n) is 5.90. The van der Waals surface area contributed by atoms with Crippen LogP contribution < -0.4 is 21.4 Å². The summed E-state index contributed by atoms with van der Waals surface area (Å²) < 4.78 is 0. The normalized spacial score (nSPS) is 10.5. The van der Waals surface area contributed by atoms with Gasteiger partial charge in [0.15, 0.2) is 5.82 Å². The van der Waals surface area contributed by atoms with E-state index in [1.807, 2.05) is 0 Å². The summed E-state index contributed by atoms with van der Waals surface area (Å²) in [5.74, 6) is 5.05. The maximum absolute atomic E-state index is 11.5. The number of hydrogen-bond acceptors (Lipinski definition) is 7. The third-order valence-electron chi connectivity index (χ3n) is 2.92. The number of nitrogens with one attached hydrogen (secondary N) is 1. The number of nitrogens with zero attached hydrogens (tertiary/aromatic N) is 4. The Morgan fingerprint density at radius 3 is 2.59 bits per heavy atom. The van der Waals surface area contributed by atoms with Crippen LogP contribution in [0.25, 0.3) is 10.9 Å². The van der Waals surface area contributed by atoms with E-state index in [0.29, 0.717) is 0 Å². The van der Waals surface area contributed by atoms with Crippen LogP contribution in [-0.4, -0.2) is 40.2 Å². The van der Waals surface area contributed by atoms with Gasteiger partial charge >= 0.3 is 11.8 Å². The molecule has 2 rings (SSSR count). The largest absolute Gasteiger partial charge is 0.464 e. The smallest absolute Gasteiger partial charge is 0.427 e. The fourth-order valence-electron chi connectivity index (χ4n) is 1.94. The number of hydrazine groups is 1. The fraction of sp³-hybridized carbons (Fsp3) is 0.182. The van der Waals surface area contributed by atoms with Gasteiger partial charge in [0.05, 0.1) is 10.4 Å². The van der Waals surface area contributed by atoms with Crippen molar-refractivity contribution in [3.05, 3.63) is 32.7 Å². The molecule has 1 amide bonds. The minimum Gasteiger partial charge on any atom is -0.464 e. The van der Waals surface area contributed by atoms with Gasteiger partial charge in [0.2, 0.25) is 0 Å². The highest BCUT2D eigenvalue weighted by Gasteiger charge is 2.22. The summed E-state index contributed by atoms with van der Waals surface area (Å²) in [5, 5.41) is 20.5. The molecule has 0 saturated carbocycles.